The molecule has 2 N–H and O–H groups in total. The molecule has 0 spiro atoms. The van der Waals surface area contributed by atoms with E-state index in [9.17, 15) is 19.2 Å². The summed E-state index contributed by atoms with van der Waals surface area (Å²) in [4.78, 5) is 45.7. The Morgan fingerprint density at radius 2 is 1.27 bits per heavy atom. The van der Waals surface area contributed by atoms with Crippen molar-refractivity contribution >= 4 is 23.9 Å². The number of hydrogen-bond donors (Lipinski definition) is 1. The van der Waals surface area contributed by atoms with Gasteiger partial charge in [0.05, 0.1) is 13.2 Å². The van der Waals surface area contributed by atoms with E-state index >= 15 is 0 Å². The highest BCUT2D eigenvalue weighted by molar-refractivity contribution is 5.80. The zero-order chi connectivity index (χ0) is 19.8. The van der Waals surface area contributed by atoms with E-state index in [2.05, 4.69) is 0 Å². The summed E-state index contributed by atoms with van der Waals surface area (Å²) in [6.45, 7) is 3.46. The van der Waals surface area contributed by atoms with Crippen molar-refractivity contribution in [3.05, 3.63) is 0 Å². The predicted octanol–water partition coefficient (Wildman–Crippen LogP) is 0.867. The van der Waals surface area contributed by atoms with E-state index in [1.165, 1.54) is 0 Å². The molecule has 26 heavy (non-hydrogen) atoms. The minimum absolute atomic E-state index is 0.0343. The van der Waals surface area contributed by atoms with E-state index in [1.54, 1.807) is 0 Å². The quantitative estimate of drug-likeness (QED) is 0.267. The fourth-order valence-electron chi connectivity index (χ4n) is 1.58. The summed E-state index contributed by atoms with van der Waals surface area (Å²) in [5.74, 6) is -2.78. The lowest BCUT2D eigenvalue weighted by atomic mass is 10.2. The van der Waals surface area contributed by atoms with Crippen molar-refractivity contribution in [3.63, 3.8) is 0 Å². The van der Waals surface area contributed by atoms with Crippen molar-refractivity contribution in [1.82, 2.24) is 0 Å². The number of nitrogens with two attached hydrogens (primary N) is 1. The van der Waals surface area contributed by atoms with Gasteiger partial charge in [0.15, 0.2) is 13.2 Å². The Bertz CT molecular complexity index is 452. The first-order chi connectivity index (χ1) is 12.4. The summed E-state index contributed by atoms with van der Waals surface area (Å²) < 4.78 is 19.1. The van der Waals surface area contributed by atoms with Gasteiger partial charge in [-0.3, -0.25) is 9.59 Å². The van der Waals surface area contributed by atoms with Crippen LogP contribution in [0.5, 0.6) is 0 Å². The molecule has 0 saturated heterocycles. The first-order valence-electron chi connectivity index (χ1n) is 8.79. The highest BCUT2D eigenvalue weighted by atomic mass is 16.6. The zero-order valence-electron chi connectivity index (χ0n) is 15.5. The van der Waals surface area contributed by atoms with Gasteiger partial charge in [-0.2, -0.15) is 0 Å². The Balaban J connectivity index is 3.85. The monoisotopic (exact) mass is 375 g/mol. The normalized spacial score (nSPS) is 11.3. The zero-order valence-corrected chi connectivity index (χ0v) is 15.5. The Morgan fingerprint density at radius 3 is 1.77 bits per heavy atom. The van der Waals surface area contributed by atoms with Gasteiger partial charge in [0.2, 0.25) is 0 Å². The van der Waals surface area contributed by atoms with Crippen LogP contribution in [-0.4, -0.2) is 56.3 Å². The van der Waals surface area contributed by atoms with Crippen molar-refractivity contribution in [2.24, 2.45) is 5.73 Å². The Kier molecular flexibility index (Phi) is 13.9. The molecule has 0 rings (SSSR count). The summed E-state index contributed by atoms with van der Waals surface area (Å²) in [5, 5.41) is 0. The third kappa shape index (κ3) is 13.2. The van der Waals surface area contributed by atoms with Crippen LogP contribution >= 0.6 is 0 Å². The predicted molar refractivity (Wildman–Crippen MR) is 90.9 cm³/mol. The molecule has 0 saturated carbocycles. The first-order valence-corrected chi connectivity index (χ1v) is 8.79. The molecule has 150 valence electrons. The molecule has 0 heterocycles. The Morgan fingerprint density at radius 1 is 0.769 bits per heavy atom. The summed E-state index contributed by atoms with van der Waals surface area (Å²) in [6.07, 6.45) is 3.03. The van der Waals surface area contributed by atoms with Crippen molar-refractivity contribution in [3.8, 4) is 0 Å². The lowest BCUT2D eigenvalue weighted by molar-refractivity contribution is -0.160. The van der Waals surface area contributed by atoms with Crippen molar-refractivity contribution in [1.29, 1.82) is 0 Å². The average molecular weight is 375 g/mol. The molecule has 0 aromatic rings. The fourth-order valence-corrected chi connectivity index (χ4v) is 1.58. The number of carbonyl (C=O) groups is 4. The maximum Gasteiger partial charge on any atom is 0.344 e. The van der Waals surface area contributed by atoms with Gasteiger partial charge in [0.1, 0.15) is 6.04 Å². The van der Waals surface area contributed by atoms with Crippen LogP contribution in [0.15, 0.2) is 0 Å². The van der Waals surface area contributed by atoms with Gasteiger partial charge >= 0.3 is 23.9 Å². The molecule has 9 nitrogen and oxygen atoms in total. The highest BCUT2D eigenvalue weighted by Crippen LogP contribution is 2.01. The molecular formula is C17H29NO8. The second kappa shape index (κ2) is 15.1. The lowest BCUT2D eigenvalue weighted by Crippen LogP contribution is -2.34. The minimum atomic E-state index is -1.08. The standard InChI is InChI=1S/C17H29NO8/c1-3-5-9-23-15(20)11-25-14(19)8-7-13(18)17(22)26-12-16(21)24-10-6-4-2/h13H,3-12,18H2,1-2H3/t13-/m0/s1. The summed E-state index contributed by atoms with van der Waals surface area (Å²) in [7, 11) is 0. The van der Waals surface area contributed by atoms with Crippen LogP contribution in [0.3, 0.4) is 0 Å². The van der Waals surface area contributed by atoms with Crippen LogP contribution in [0.25, 0.3) is 0 Å². The maximum atomic E-state index is 11.6. The molecule has 0 radical (unpaired) electrons. The van der Waals surface area contributed by atoms with Crippen LogP contribution in [0.2, 0.25) is 0 Å². The van der Waals surface area contributed by atoms with Crippen LogP contribution in [0.1, 0.15) is 52.4 Å². The second-order valence-electron chi connectivity index (χ2n) is 5.56. The Labute approximate surface area is 153 Å². The van der Waals surface area contributed by atoms with E-state index in [1.807, 2.05) is 13.8 Å². The van der Waals surface area contributed by atoms with Crippen LogP contribution in [-0.2, 0) is 38.1 Å². The second-order valence-corrected chi connectivity index (χ2v) is 5.56. The largest absolute Gasteiger partial charge is 0.463 e. The van der Waals surface area contributed by atoms with Crippen LogP contribution in [0, 0.1) is 0 Å². The number of ether oxygens (including phenoxy) is 4. The fraction of sp³-hybridized carbons (Fsp3) is 0.765. The average Bonchev–Trinajstić information content (AvgIpc) is 2.62. The topological polar surface area (TPSA) is 131 Å². The molecule has 0 unspecified atom stereocenters. The van der Waals surface area contributed by atoms with Gasteiger partial charge in [-0.15, -0.1) is 0 Å². The van der Waals surface area contributed by atoms with E-state index in [4.69, 9.17) is 24.7 Å². The van der Waals surface area contributed by atoms with Gasteiger partial charge in [-0.1, -0.05) is 26.7 Å². The number of rotatable bonds is 14. The summed E-state index contributed by atoms with van der Waals surface area (Å²) in [5.41, 5.74) is 5.58. The highest BCUT2D eigenvalue weighted by Gasteiger charge is 2.19. The van der Waals surface area contributed by atoms with Crippen LogP contribution in [0.4, 0.5) is 0 Å². The maximum absolute atomic E-state index is 11.6. The number of unbranched alkanes of at least 4 members (excludes halogenated alkanes) is 2. The van der Waals surface area contributed by atoms with Gasteiger partial charge in [-0.25, -0.2) is 9.59 Å². The van der Waals surface area contributed by atoms with E-state index in [0.717, 1.165) is 25.7 Å². The van der Waals surface area contributed by atoms with E-state index < -0.39 is 43.1 Å². The molecule has 1 atom stereocenters. The van der Waals surface area contributed by atoms with Gasteiger partial charge < -0.3 is 24.7 Å². The molecule has 0 aliphatic rings. The van der Waals surface area contributed by atoms with E-state index in [0.29, 0.717) is 0 Å². The van der Waals surface area contributed by atoms with Gasteiger partial charge in [0, 0.05) is 6.42 Å². The van der Waals surface area contributed by atoms with Crippen LogP contribution < -0.4 is 5.73 Å². The molecule has 0 aromatic heterocycles. The Hall–Kier alpha value is -2.16. The molecular weight excluding hydrogens is 346 g/mol. The third-order valence-electron chi connectivity index (χ3n) is 3.17. The van der Waals surface area contributed by atoms with Crippen molar-refractivity contribution < 1.29 is 38.1 Å². The molecule has 0 aliphatic heterocycles. The molecule has 0 aromatic carbocycles. The van der Waals surface area contributed by atoms with Crippen molar-refractivity contribution in [2.45, 2.75) is 58.4 Å². The molecule has 0 aliphatic carbocycles. The van der Waals surface area contributed by atoms with E-state index in [-0.39, 0.29) is 26.1 Å². The molecule has 0 bridgehead atoms. The van der Waals surface area contributed by atoms with Crippen molar-refractivity contribution in [2.75, 3.05) is 26.4 Å². The molecule has 9 heteroatoms. The number of carbonyl (C=O) groups excluding carboxylic acids is 4. The number of hydrogen-bond acceptors (Lipinski definition) is 9. The summed E-state index contributed by atoms with van der Waals surface area (Å²) in [6, 6.07) is -1.08. The number of esters is 4. The first kappa shape index (κ1) is 23.8. The molecule has 0 amide bonds. The van der Waals surface area contributed by atoms with Gasteiger partial charge in [-0.05, 0) is 19.3 Å². The smallest absolute Gasteiger partial charge is 0.344 e. The SMILES string of the molecule is CCCCOC(=O)COC(=O)CC[C@H](N)C(=O)OCC(=O)OCCCC. The lowest BCUT2D eigenvalue weighted by Gasteiger charge is -2.11. The third-order valence-corrected chi connectivity index (χ3v) is 3.17. The summed E-state index contributed by atoms with van der Waals surface area (Å²) >= 11 is 0. The minimum Gasteiger partial charge on any atom is -0.463 e. The molecule has 0 fully saturated rings. The van der Waals surface area contributed by atoms with Gasteiger partial charge in [0.25, 0.3) is 0 Å².